The Labute approximate surface area is 138 Å². The minimum atomic E-state index is -1.03. The van der Waals surface area contributed by atoms with Crippen LogP contribution < -0.4 is 19.5 Å². The van der Waals surface area contributed by atoms with Crippen molar-refractivity contribution < 1.29 is 27.8 Å². The molecule has 0 saturated carbocycles. The predicted molar refractivity (Wildman–Crippen MR) is 84.8 cm³/mol. The Bertz CT molecular complexity index is 750. The molecule has 5 nitrogen and oxygen atoms in total. The summed E-state index contributed by atoms with van der Waals surface area (Å²) in [6.45, 7) is 0. The van der Waals surface area contributed by atoms with Crippen molar-refractivity contribution in [3.8, 4) is 17.2 Å². The van der Waals surface area contributed by atoms with E-state index in [1.165, 1.54) is 27.4 Å². The number of benzene rings is 2. The highest BCUT2D eigenvalue weighted by Crippen LogP contribution is 2.39. The molecule has 0 aliphatic rings. The van der Waals surface area contributed by atoms with Crippen molar-refractivity contribution in [3.63, 3.8) is 0 Å². The highest BCUT2D eigenvalue weighted by molar-refractivity contribution is 5.92. The van der Waals surface area contributed by atoms with Crippen LogP contribution in [0.25, 0.3) is 0 Å². The first kappa shape index (κ1) is 17.5. The molecule has 0 heterocycles. The number of rotatable bonds is 6. The molecule has 2 aromatic rings. The normalized spacial score (nSPS) is 10.2. The molecule has 2 aromatic carbocycles. The molecule has 0 fully saturated rings. The van der Waals surface area contributed by atoms with Gasteiger partial charge in [0.15, 0.2) is 23.1 Å². The lowest BCUT2D eigenvalue weighted by Crippen LogP contribution is -2.15. The Morgan fingerprint density at radius 3 is 2.25 bits per heavy atom. The molecule has 0 saturated heterocycles. The summed E-state index contributed by atoms with van der Waals surface area (Å²) in [6, 6.07) is 6.47. The van der Waals surface area contributed by atoms with Crippen LogP contribution in [0.5, 0.6) is 17.2 Å². The zero-order chi connectivity index (χ0) is 17.7. The number of halogens is 2. The standard InChI is InChI=1S/C17H17F2NO4/c1-22-14-7-4-10(16(23-2)17(14)24-3)8-15(21)20-11-5-6-12(18)13(19)9-11/h4-7,9H,8H2,1-3H3,(H,20,21). The molecule has 7 heteroatoms. The van der Waals surface area contributed by atoms with Crippen LogP contribution in [0.1, 0.15) is 5.56 Å². The number of hydrogen-bond donors (Lipinski definition) is 1. The number of methoxy groups -OCH3 is 3. The summed E-state index contributed by atoms with van der Waals surface area (Å²) in [5.41, 5.74) is 0.730. The minimum absolute atomic E-state index is 0.0392. The number of carbonyl (C=O) groups is 1. The Morgan fingerprint density at radius 2 is 1.67 bits per heavy atom. The van der Waals surface area contributed by atoms with Gasteiger partial charge in [0.05, 0.1) is 27.8 Å². The third kappa shape index (κ3) is 3.73. The number of ether oxygens (including phenoxy) is 3. The van der Waals surface area contributed by atoms with Gasteiger partial charge in [0.2, 0.25) is 11.7 Å². The number of anilines is 1. The fraction of sp³-hybridized carbons (Fsp3) is 0.235. The van der Waals surface area contributed by atoms with E-state index in [0.717, 1.165) is 12.1 Å². The zero-order valence-electron chi connectivity index (χ0n) is 13.5. The van der Waals surface area contributed by atoms with Crippen LogP contribution in [-0.2, 0) is 11.2 Å². The summed E-state index contributed by atoms with van der Waals surface area (Å²) < 4.78 is 41.8. The summed E-state index contributed by atoms with van der Waals surface area (Å²) in [6.07, 6.45) is -0.0392. The van der Waals surface area contributed by atoms with Gasteiger partial charge in [0.1, 0.15) is 0 Å². The minimum Gasteiger partial charge on any atom is -0.493 e. The third-order valence-electron chi connectivity index (χ3n) is 3.34. The van der Waals surface area contributed by atoms with Crippen molar-refractivity contribution in [2.45, 2.75) is 6.42 Å². The predicted octanol–water partition coefficient (Wildman–Crippen LogP) is 3.17. The quantitative estimate of drug-likeness (QED) is 0.880. The summed E-state index contributed by atoms with van der Waals surface area (Å²) >= 11 is 0. The number of amides is 1. The maximum absolute atomic E-state index is 13.2. The number of carbonyl (C=O) groups excluding carboxylic acids is 1. The highest BCUT2D eigenvalue weighted by atomic mass is 19.2. The molecular formula is C17H17F2NO4. The van der Waals surface area contributed by atoms with Gasteiger partial charge in [-0.25, -0.2) is 8.78 Å². The van der Waals surface area contributed by atoms with E-state index < -0.39 is 17.5 Å². The first-order chi connectivity index (χ1) is 11.5. The molecule has 0 unspecified atom stereocenters. The maximum atomic E-state index is 13.2. The molecule has 0 radical (unpaired) electrons. The van der Waals surface area contributed by atoms with Crippen molar-refractivity contribution >= 4 is 11.6 Å². The van der Waals surface area contributed by atoms with Crippen molar-refractivity contribution in [1.29, 1.82) is 0 Å². The Hall–Kier alpha value is -2.83. The van der Waals surface area contributed by atoms with E-state index >= 15 is 0 Å². The van der Waals surface area contributed by atoms with Gasteiger partial charge in [0, 0.05) is 17.3 Å². The van der Waals surface area contributed by atoms with Crippen molar-refractivity contribution in [2.24, 2.45) is 0 Å². The SMILES string of the molecule is COc1ccc(CC(=O)Nc2ccc(F)c(F)c2)c(OC)c1OC. The van der Waals surface area contributed by atoms with E-state index in [0.29, 0.717) is 22.8 Å². The molecule has 128 valence electrons. The van der Waals surface area contributed by atoms with Crippen molar-refractivity contribution in [1.82, 2.24) is 0 Å². The van der Waals surface area contributed by atoms with Crippen molar-refractivity contribution in [3.05, 3.63) is 47.5 Å². The summed E-state index contributed by atoms with van der Waals surface area (Å²) in [5, 5.41) is 2.50. The lowest BCUT2D eigenvalue weighted by atomic mass is 10.1. The van der Waals surface area contributed by atoms with Gasteiger partial charge in [-0.15, -0.1) is 0 Å². The van der Waals surface area contributed by atoms with E-state index in [9.17, 15) is 13.6 Å². The molecule has 0 aromatic heterocycles. The molecule has 0 aliphatic heterocycles. The molecule has 0 atom stereocenters. The van der Waals surface area contributed by atoms with Crippen LogP contribution in [-0.4, -0.2) is 27.2 Å². The van der Waals surface area contributed by atoms with E-state index in [-0.39, 0.29) is 12.1 Å². The van der Waals surface area contributed by atoms with Gasteiger partial charge in [0.25, 0.3) is 0 Å². The number of nitrogens with one attached hydrogen (secondary N) is 1. The molecular weight excluding hydrogens is 320 g/mol. The Morgan fingerprint density at radius 1 is 0.958 bits per heavy atom. The largest absolute Gasteiger partial charge is 0.493 e. The average Bonchev–Trinajstić information content (AvgIpc) is 2.57. The molecule has 0 spiro atoms. The topological polar surface area (TPSA) is 56.8 Å². The van der Waals surface area contributed by atoms with Crippen LogP contribution in [0, 0.1) is 11.6 Å². The lowest BCUT2D eigenvalue weighted by molar-refractivity contribution is -0.115. The second kappa shape index (κ2) is 7.63. The van der Waals surface area contributed by atoms with Crippen LogP contribution >= 0.6 is 0 Å². The van der Waals surface area contributed by atoms with Crippen LogP contribution in [0.4, 0.5) is 14.5 Å². The summed E-state index contributed by atoms with van der Waals surface area (Å²) in [4.78, 5) is 12.1. The smallest absolute Gasteiger partial charge is 0.228 e. The fourth-order valence-corrected chi connectivity index (χ4v) is 2.25. The van der Waals surface area contributed by atoms with E-state index in [1.807, 2.05) is 0 Å². The van der Waals surface area contributed by atoms with Gasteiger partial charge in [-0.2, -0.15) is 0 Å². The fourth-order valence-electron chi connectivity index (χ4n) is 2.25. The Balaban J connectivity index is 2.20. The van der Waals surface area contributed by atoms with Gasteiger partial charge >= 0.3 is 0 Å². The number of hydrogen-bond acceptors (Lipinski definition) is 4. The first-order valence-corrected chi connectivity index (χ1v) is 7.03. The Kier molecular flexibility index (Phi) is 5.57. The monoisotopic (exact) mass is 337 g/mol. The van der Waals surface area contributed by atoms with Gasteiger partial charge in [-0.1, -0.05) is 6.07 Å². The third-order valence-corrected chi connectivity index (χ3v) is 3.34. The average molecular weight is 337 g/mol. The van der Waals surface area contributed by atoms with Gasteiger partial charge in [-0.3, -0.25) is 4.79 Å². The lowest BCUT2D eigenvalue weighted by Gasteiger charge is -2.15. The van der Waals surface area contributed by atoms with E-state index in [4.69, 9.17) is 14.2 Å². The van der Waals surface area contributed by atoms with Crippen molar-refractivity contribution in [2.75, 3.05) is 26.6 Å². The molecule has 1 amide bonds. The second-order valence-corrected chi connectivity index (χ2v) is 4.85. The molecule has 0 bridgehead atoms. The molecule has 1 N–H and O–H groups in total. The zero-order valence-corrected chi connectivity index (χ0v) is 13.5. The van der Waals surface area contributed by atoms with Gasteiger partial charge in [-0.05, 0) is 18.2 Å². The second-order valence-electron chi connectivity index (χ2n) is 4.85. The molecule has 0 aliphatic carbocycles. The van der Waals surface area contributed by atoms with Crippen LogP contribution in [0.15, 0.2) is 30.3 Å². The summed E-state index contributed by atoms with van der Waals surface area (Å²) in [7, 11) is 4.41. The first-order valence-electron chi connectivity index (χ1n) is 7.03. The maximum Gasteiger partial charge on any atom is 0.228 e. The van der Waals surface area contributed by atoms with Gasteiger partial charge < -0.3 is 19.5 Å². The van der Waals surface area contributed by atoms with E-state index in [1.54, 1.807) is 12.1 Å². The highest BCUT2D eigenvalue weighted by Gasteiger charge is 2.18. The van der Waals surface area contributed by atoms with Crippen LogP contribution in [0.3, 0.4) is 0 Å². The van der Waals surface area contributed by atoms with E-state index in [2.05, 4.69) is 5.32 Å². The van der Waals surface area contributed by atoms with Crippen LogP contribution in [0.2, 0.25) is 0 Å². The summed E-state index contributed by atoms with van der Waals surface area (Å²) in [5.74, 6) is -1.20. The molecule has 24 heavy (non-hydrogen) atoms. The molecule has 2 rings (SSSR count).